The van der Waals surface area contributed by atoms with Crippen LogP contribution in [0.4, 0.5) is 0 Å². The van der Waals surface area contributed by atoms with Crippen molar-refractivity contribution in [2.24, 2.45) is 29.6 Å². The van der Waals surface area contributed by atoms with Gasteiger partial charge in [-0.1, -0.05) is 75.2 Å². The molecular weight excluding hydrogens is 652 g/mol. The van der Waals surface area contributed by atoms with Gasteiger partial charge in [-0.2, -0.15) is 0 Å². The maximum Gasteiger partial charge on any atom is 0.329 e. The average Bonchev–Trinajstić information content (AvgIpc) is 3.60. The number of hydrogen-bond acceptors (Lipinski definition) is 8. The number of rotatable bonds is 10. The molecule has 0 bridgehead atoms. The van der Waals surface area contributed by atoms with Crippen LogP contribution < -0.4 is 5.32 Å². The van der Waals surface area contributed by atoms with Gasteiger partial charge >= 0.3 is 11.9 Å². The number of nitrogens with zero attached hydrogens (tertiary/aromatic N) is 3. The second-order valence-corrected chi connectivity index (χ2v) is 15.1. The fraction of sp³-hybridized carbons (Fsp3) is 0.795. The fourth-order valence-corrected chi connectivity index (χ4v) is 7.04. The van der Waals surface area contributed by atoms with E-state index in [4.69, 9.17) is 15.9 Å². The number of terminal acetylenes is 1. The highest BCUT2D eigenvalue weighted by atomic mass is 16.6. The van der Waals surface area contributed by atoms with E-state index in [1.54, 1.807) is 20.8 Å². The summed E-state index contributed by atoms with van der Waals surface area (Å²) in [6, 6.07) is -3.92. The van der Waals surface area contributed by atoms with E-state index in [0.717, 1.165) is 0 Å². The number of carbonyl (C=O) groups excluding carboxylic acids is 6. The first-order valence-corrected chi connectivity index (χ1v) is 19.0. The Morgan fingerprint density at radius 3 is 1.92 bits per heavy atom. The van der Waals surface area contributed by atoms with Crippen molar-refractivity contribution in [2.45, 2.75) is 150 Å². The Morgan fingerprint density at radius 1 is 0.804 bits per heavy atom. The first-order valence-electron chi connectivity index (χ1n) is 19.0. The van der Waals surface area contributed by atoms with Gasteiger partial charge in [0.25, 0.3) is 5.91 Å². The second kappa shape index (κ2) is 19.8. The summed E-state index contributed by atoms with van der Waals surface area (Å²) in [6.07, 6.45) is 7.14. The van der Waals surface area contributed by atoms with Gasteiger partial charge in [-0.3, -0.25) is 19.2 Å². The van der Waals surface area contributed by atoms with Gasteiger partial charge in [-0.25, -0.2) is 9.59 Å². The lowest BCUT2D eigenvalue weighted by atomic mass is 9.92. The molecule has 4 amide bonds. The van der Waals surface area contributed by atoms with Gasteiger partial charge in [0, 0.05) is 33.0 Å². The normalized spacial score (nSPS) is 29.6. The Kier molecular flexibility index (Phi) is 16.9. The minimum atomic E-state index is -1.20. The van der Waals surface area contributed by atoms with Crippen LogP contribution in [0.15, 0.2) is 0 Å². The highest BCUT2D eigenvalue weighted by Gasteiger charge is 2.46. The fourth-order valence-electron chi connectivity index (χ4n) is 7.04. The van der Waals surface area contributed by atoms with Crippen LogP contribution in [-0.4, -0.2) is 107 Å². The van der Waals surface area contributed by atoms with E-state index in [9.17, 15) is 28.8 Å². The predicted molar refractivity (Wildman–Crippen MR) is 195 cm³/mol. The van der Waals surface area contributed by atoms with Crippen LogP contribution in [0.1, 0.15) is 114 Å². The number of fused-ring (bicyclic) bond motifs is 1. The lowest BCUT2D eigenvalue weighted by Gasteiger charge is -2.37. The summed E-state index contributed by atoms with van der Waals surface area (Å²) in [7, 11) is 3.05. The first kappa shape index (κ1) is 43.5. The number of nitrogens with one attached hydrogen (secondary N) is 1. The topological polar surface area (TPSA) is 143 Å². The van der Waals surface area contributed by atoms with Crippen molar-refractivity contribution in [2.75, 3.05) is 20.6 Å². The van der Waals surface area contributed by atoms with Gasteiger partial charge in [-0.15, -0.1) is 12.3 Å². The standard InChI is InChI=1S/C39H64N4O8/c1-13-17-18-21-29-27(10)34(44)40-30(24(7)14-2)36(46)42(12)32(25(8)15-3)39(49)51-33(26(9)16-4)37(47)43-22-19-20-28(43)35(45)41(11)31(23(5)6)38(48)50-29/h1,23-33H,14-22H2,2-12H3,(H,40,44)/t24-,25-,26-,27-,28-,29+,30-,31-,32-,33-/m0/s1. The number of ether oxygens (including phenoxy) is 2. The summed E-state index contributed by atoms with van der Waals surface area (Å²) in [5, 5.41) is 2.92. The van der Waals surface area contributed by atoms with Gasteiger partial charge in [0.2, 0.25) is 17.7 Å². The number of hydrogen-bond donors (Lipinski definition) is 1. The van der Waals surface area contributed by atoms with E-state index in [2.05, 4.69) is 11.2 Å². The van der Waals surface area contributed by atoms with Crippen LogP contribution in [0.3, 0.4) is 0 Å². The summed E-state index contributed by atoms with van der Waals surface area (Å²) >= 11 is 0. The third-order valence-electron chi connectivity index (χ3n) is 11.1. The first-order chi connectivity index (χ1) is 24.0. The molecule has 2 aliphatic rings. The number of cyclic esters (lactones) is 2. The number of amides is 4. The minimum absolute atomic E-state index is 0.288. The maximum absolute atomic E-state index is 14.3. The van der Waals surface area contributed by atoms with Crippen molar-refractivity contribution >= 4 is 35.6 Å². The summed E-state index contributed by atoms with van der Waals surface area (Å²) in [6.45, 7) is 16.7. The molecule has 0 spiro atoms. The average molecular weight is 717 g/mol. The molecule has 0 aliphatic carbocycles. The van der Waals surface area contributed by atoms with Crippen molar-refractivity contribution in [3.8, 4) is 12.3 Å². The van der Waals surface area contributed by atoms with Crippen molar-refractivity contribution in [3.05, 3.63) is 0 Å². The highest BCUT2D eigenvalue weighted by molar-refractivity contribution is 5.95. The molecule has 2 fully saturated rings. The number of unbranched alkanes of at least 4 members (excludes halogenated alkanes) is 1. The van der Waals surface area contributed by atoms with Gasteiger partial charge in [0.15, 0.2) is 6.10 Å². The van der Waals surface area contributed by atoms with Crippen LogP contribution >= 0.6 is 0 Å². The monoisotopic (exact) mass is 716 g/mol. The molecule has 2 rings (SSSR count). The Balaban J connectivity index is 2.79. The zero-order valence-electron chi connectivity index (χ0n) is 32.9. The SMILES string of the molecule is C#CCCC[C@H]1OC(=O)[C@H](C(C)C)N(C)C(=O)[C@@H]2CCCN2C(=O)[C@H]([C@@H](C)CC)OC(=O)[C@H]([C@@H](C)CC)N(C)C(=O)[C@H]([C@@H](C)CC)NC(=O)[C@H]1C. The maximum atomic E-state index is 14.3. The second-order valence-electron chi connectivity index (χ2n) is 15.1. The van der Waals surface area contributed by atoms with E-state index in [1.165, 1.54) is 28.8 Å². The molecule has 2 heterocycles. The zero-order chi connectivity index (χ0) is 38.7. The molecule has 12 nitrogen and oxygen atoms in total. The third-order valence-corrected chi connectivity index (χ3v) is 11.1. The van der Waals surface area contributed by atoms with Gasteiger partial charge in [0.1, 0.15) is 30.3 Å². The van der Waals surface area contributed by atoms with Crippen molar-refractivity contribution in [3.63, 3.8) is 0 Å². The van der Waals surface area contributed by atoms with E-state index in [1.807, 2.05) is 41.5 Å². The molecule has 0 aromatic rings. The predicted octanol–water partition coefficient (Wildman–Crippen LogP) is 4.19. The van der Waals surface area contributed by atoms with E-state index in [-0.39, 0.29) is 30.2 Å². The molecule has 0 saturated carbocycles. The van der Waals surface area contributed by atoms with Crippen LogP contribution in [-0.2, 0) is 38.2 Å². The lowest BCUT2D eigenvalue weighted by molar-refractivity contribution is -0.172. The van der Waals surface area contributed by atoms with E-state index in [0.29, 0.717) is 51.4 Å². The van der Waals surface area contributed by atoms with Crippen molar-refractivity contribution in [1.29, 1.82) is 0 Å². The van der Waals surface area contributed by atoms with E-state index >= 15 is 0 Å². The molecular formula is C39H64N4O8. The number of likely N-dealkylation sites (N-methyl/N-ethyl adjacent to an activating group) is 2. The summed E-state index contributed by atoms with van der Waals surface area (Å²) in [5.74, 6) is -2.94. The Morgan fingerprint density at radius 2 is 1.37 bits per heavy atom. The van der Waals surface area contributed by atoms with Crippen LogP contribution in [0.5, 0.6) is 0 Å². The third kappa shape index (κ3) is 10.5. The summed E-state index contributed by atoms with van der Waals surface area (Å²) < 4.78 is 12.2. The van der Waals surface area contributed by atoms with Gasteiger partial charge in [0.05, 0.1) is 5.92 Å². The van der Waals surface area contributed by atoms with Crippen molar-refractivity contribution in [1.82, 2.24) is 20.0 Å². The molecule has 0 radical (unpaired) electrons. The molecule has 12 heteroatoms. The molecule has 0 unspecified atom stereocenters. The summed E-state index contributed by atoms with van der Waals surface area (Å²) in [4.78, 5) is 89.0. The summed E-state index contributed by atoms with van der Waals surface area (Å²) in [5.41, 5.74) is 0. The quantitative estimate of drug-likeness (QED) is 0.202. The lowest BCUT2D eigenvalue weighted by Crippen LogP contribution is -2.58. The molecule has 10 atom stereocenters. The van der Waals surface area contributed by atoms with Crippen LogP contribution in [0.25, 0.3) is 0 Å². The Hall–Kier alpha value is -3.62. The molecule has 2 saturated heterocycles. The number of esters is 2. The van der Waals surface area contributed by atoms with Crippen molar-refractivity contribution < 1.29 is 38.2 Å². The molecule has 0 aromatic carbocycles. The van der Waals surface area contributed by atoms with E-state index < -0.39 is 77.9 Å². The zero-order valence-corrected chi connectivity index (χ0v) is 32.9. The Labute approximate surface area is 306 Å². The molecule has 1 N–H and O–H groups in total. The number of carbonyl (C=O) groups is 6. The minimum Gasteiger partial charge on any atom is -0.460 e. The van der Waals surface area contributed by atoms with Crippen LogP contribution in [0, 0.1) is 41.9 Å². The molecule has 2 aliphatic heterocycles. The Bertz CT molecular complexity index is 1280. The van der Waals surface area contributed by atoms with Crippen LogP contribution in [0.2, 0.25) is 0 Å². The molecule has 0 aromatic heterocycles. The van der Waals surface area contributed by atoms with Gasteiger partial charge in [-0.05, 0) is 49.9 Å². The molecule has 288 valence electrons. The highest BCUT2D eigenvalue weighted by Crippen LogP contribution is 2.28. The smallest absolute Gasteiger partial charge is 0.329 e. The van der Waals surface area contributed by atoms with Gasteiger partial charge < -0.3 is 29.5 Å². The molecule has 51 heavy (non-hydrogen) atoms. The largest absolute Gasteiger partial charge is 0.460 e.